The van der Waals surface area contributed by atoms with E-state index in [2.05, 4.69) is 17.3 Å². The van der Waals surface area contributed by atoms with Crippen LogP contribution in [0.1, 0.15) is 25.7 Å². The van der Waals surface area contributed by atoms with Gasteiger partial charge in [-0.25, -0.2) is 0 Å². The van der Waals surface area contributed by atoms with Gasteiger partial charge in [0.2, 0.25) is 0 Å². The molecular weight excluding hydrogens is 176 g/mol. The van der Waals surface area contributed by atoms with Crippen molar-refractivity contribution < 1.29 is 4.74 Å². The lowest BCUT2D eigenvalue weighted by Crippen LogP contribution is -2.51. The van der Waals surface area contributed by atoms with E-state index in [9.17, 15) is 0 Å². The molecule has 0 aromatic heterocycles. The van der Waals surface area contributed by atoms with Crippen LogP contribution in [0.4, 0.5) is 0 Å². The van der Waals surface area contributed by atoms with E-state index in [1.54, 1.807) is 0 Å². The Morgan fingerprint density at radius 1 is 1.43 bits per heavy atom. The predicted octanol–water partition coefficient (Wildman–Crippen LogP) is 0.848. The van der Waals surface area contributed by atoms with Gasteiger partial charge in [0.1, 0.15) is 0 Å². The zero-order valence-corrected chi connectivity index (χ0v) is 9.33. The fourth-order valence-corrected chi connectivity index (χ4v) is 2.79. The molecule has 1 aliphatic carbocycles. The first-order valence-corrected chi connectivity index (χ1v) is 5.78. The van der Waals surface area contributed by atoms with Crippen LogP contribution in [-0.4, -0.2) is 50.3 Å². The summed E-state index contributed by atoms with van der Waals surface area (Å²) in [6.07, 6.45) is 5.78. The maximum absolute atomic E-state index is 5.33. The fourth-order valence-electron chi connectivity index (χ4n) is 2.79. The summed E-state index contributed by atoms with van der Waals surface area (Å²) in [6.45, 7) is 2.45. The second-order valence-corrected chi connectivity index (χ2v) is 4.57. The molecule has 1 unspecified atom stereocenters. The van der Waals surface area contributed by atoms with Crippen LogP contribution in [0.3, 0.4) is 0 Å². The van der Waals surface area contributed by atoms with Crippen LogP contribution in [0.2, 0.25) is 0 Å². The average molecular weight is 198 g/mol. The summed E-state index contributed by atoms with van der Waals surface area (Å²) < 4.78 is 5.33. The van der Waals surface area contributed by atoms with E-state index in [4.69, 9.17) is 4.74 Å². The molecule has 0 aromatic rings. The van der Waals surface area contributed by atoms with Crippen molar-refractivity contribution in [3.8, 4) is 0 Å². The summed E-state index contributed by atoms with van der Waals surface area (Å²) in [7, 11) is 3.88. The Morgan fingerprint density at radius 3 is 2.86 bits per heavy atom. The van der Waals surface area contributed by atoms with Crippen molar-refractivity contribution in [1.29, 1.82) is 0 Å². The number of methoxy groups -OCH3 is 1. The summed E-state index contributed by atoms with van der Waals surface area (Å²) in [4.78, 5) is 2.69. The van der Waals surface area contributed by atoms with Gasteiger partial charge < -0.3 is 10.1 Å². The van der Waals surface area contributed by atoms with Crippen LogP contribution >= 0.6 is 0 Å². The topological polar surface area (TPSA) is 24.5 Å². The number of likely N-dealkylation sites (N-methyl/N-ethyl adjacent to an activating group) is 1. The summed E-state index contributed by atoms with van der Waals surface area (Å²) in [5.41, 5.74) is 0. The van der Waals surface area contributed by atoms with Crippen molar-refractivity contribution in [2.24, 2.45) is 0 Å². The Kier molecular flexibility index (Phi) is 3.42. The van der Waals surface area contributed by atoms with Gasteiger partial charge in [-0.05, 0) is 39.3 Å². The maximum atomic E-state index is 5.33. The van der Waals surface area contributed by atoms with Gasteiger partial charge >= 0.3 is 0 Å². The highest BCUT2D eigenvalue weighted by Gasteiger charge is 2.38. The van der Waals surface area contributed by atoms with Crippen molar-refractivity contribution in [2.75, 3.05) is 27.2 Å². The Bertz CT molecular complexity index is 180. The minimum absolute atomic E-state index is 0.538. The molecule has 14 heavy (non-hydrogen) atoms. The largest absolute Gasteiger partial charge is 0.381 e. The van der Waals surface area contributed by atoms with Crippen molar-refractivity contribution >= 4 is 0 Å². The lowest BCUT2D eigenvalue weighted by molar-refractivity contribution is -0.0307. The van der Waals surface area contributed by atoms with Crippen LogP contribution < -0.4 is 5.32 Å². The number of rotatable bonds is 4. The Hall–Kier alpha value is -0.120. The number of likely N-dealkylation sites (tertiary alicyclic amines) is 1. The molecule has 0 amide bonds. The first-order valence-electron chi connectivity index (χ1n) is 5.78. The molecule has 1 aliphatic heterocycles. The van der Waals surface area contributed by atoms with Crippen molar-refractivity contribution in [2.45, 2.75) is 43.9 Å². The predicted molar refractivity (Wildman–Crippen MR) is 57.5 cm³/mol. The number of nitrogens with zero attached hydrogens (tertiary/aromatic N) is 1. The van der Waals surface area contributed by atoms with E-state index in [1.807, 2.05) is 7.11 Å². The minimum Gasteiger partial charge on any atom is -0.381 e. The van der Waals surface area contributed by atoms with Gasteiger partial charge in [-0.15, -0.1) is 0 Å². The second kappa shape index (κ2) is 4.60. The number of nitrogens with one attached hydrogen (secondary N) is 1. The van der Waals surface area contributed by atoms with Gasteiger partial charge in [-0.3, -0.25) is 4.90 Å². The summed E-state index contributed by atoms with van der Waals surface area (Å²) >= 11 is 0. The third-order valence-corrected chi connectivity index (χ3v) is 3.73. The summed E-state index contributed by atoms with van der Waals surface area (Å²) in [6, 6.07) is 1.59. The van der Waals surface area contributed by atoms with E-state index in [0.717, 1.165) is 18.6 Å². The summed E-state index contributed by atoms with van der Waals surface area (Å²) in [5.74, 6) is 0. The second-order valence-electron chi connectivity index (χ2n) is 4.57. The molecule has 2 aliphatic rings. The molecule has 1 N–H and O–H groups in total. The van der Waals surface area contributed by atoms with Gasteiger partial charge in [0.15, 0.2) is 0 Å². The third kappa shape index (κ3) is 1.95. The number of hydrogen-bond acceptors (Lipinski definition) is 3. The minimum atomic E-state index is 0.538. The third-order valence-electron chi connectivity index (χ3n) is 3.73. The average Bonchev–Trinajstić information content (AvgIpc) is 2.52. The normalized spacial score (nSPS) is 38.6. The first-order chi connectivity index (χ1) is 6.85. The standard InChI is InChI=1S/C11H22N2O/c1-12-8-9-4-3-5-13(9)10-6-11(7-10)14-2/h9-12H,3-8H2,1-2H3. The van der Waals surface area contributed by atoms with Gasteiger partial charge in [-0.1, -0.05) is 0 Å². The van der Waals surface area contributed by atoms with E-state index < -0.39 is 0 Å². The molecule has 2 fully saturated rings. The molecule has 0 bridgehead atoms. The maximum Gasteiger partial charge on any atom is 0.0601 e. The van der Waals surface area contributed by atoms with Crippen LogP contribution in [-0.2, 0) is 4.74 Å². The zero-order valence-electron chi connectivity index (χ0n) is 9.33. The molecule has 3 heteroatoms. The highest BCUT2D eigenvalue weighted by molar-refractivity contribution is 4.94. The van der Waals surface area contributed by atoms with E-state index in [0.29, 0.717) is 6.10 Å². The Morgan fingerprint density at radius 2 is 2.21 bits per heavy atom. The molecule has 1 atom stereocenters. The lowest BCUT2D eigenvalue weighted by Gasteiger charge is -2.43. The smallest absolute Gasteiger partial charge is 0.0601 e. The molecule has 1 saturated carbocycles. The molecule has 0 aromatic carbocycles. The molecule has 0 radical (unpaired) electrons. The van der Waals surface area contributed by atoms with E-state index >= 15 is 0 Å². The molecule has 3 nitrogen and oxygen atoms in total. The molecular formula is C11H22N2O. The molecule has 2 rings (SSSR count). The SMILES string of the molecule is CNCC1CCCN1C1CC(OC)C1. The molecule has 1 saturated heterocycles. The van der Waals surface area contributed by atoms with Gasteiger partial charge in [-0.2, -0.15) is 0 Å². The monoisotopic (exact) mass is 198 g/mol. The number of hydrogen-bond donors (Lipinski definition) is 1. The summed E-state index contributed by atoms with van der Waals surface area (Å²) in [5, 5.41) is 3.29. The van der Waals surface area contributed by atoms with Crippen LogP contribution in [0.5, 0.6) is 0 Å². The van der Waals surface area contributed by atoms with Crippen LogP contribution in [0.15, 0.2) is 0 Å². The molecule has 82 valence electrons. The lowest BCUT2D eigenvalue weighted by atomic mass is 9.87. The highest BCUT2D eigenvalue weighted by atomic mass is 16.5. The first kappa shape index (κ1) is 10.4. The van der Waals surface area contributed by atoms with Gasteiger partial charge in [0.25, 0.3) is 0 Å². The van der Waals surface area contributed by atoms with E-state index in [-0.39, 0.29) is 0 Å². The van der Waals surface area contributed by atoms with Crippen molar-refractivity contribution in [3.05, 3.63) is 0 Å². The quantitative estimate of drug-likeness (QED) is 0.725. The van der Waals surface area contributed by atoms with Gasteiger partial charge in [0.05, 0.1) is 6.10 Å². The number of ether oxygens (including phenoxy) is 1. The highest BCUT2D eigenvalue weighted by Crippen LogP contribution is 2.32. The van der Waals surface area contributed by atoms with Crippen LogP contribution in [0.25, 0.3) is 0 Å². The van der Waals surface area contributed by atoms with E-state index in [1.165, 1.54) is 32.2 Å². The Balaban J connectivity index is 1.79. The van der Waals surface area contributed by atoms with Crippen molar-refractivity contribution in [1.82, 2.24) is 10.2 Å². The molecule has 0 spiro atoms. The van der Waals surface area contributed by atoms with Crippen LogP contribution in [0, 0.1) is 0 Å². The fraction of sp³-hybridized carbons (Fsp3) is 1.00. The molecule has 1 heterocycles. The van der Waals surface area contributed by atoms with Crippen molar-refractivity contribution in [3.63, 3.8) is 0 Å². The van der Waals surface area contributed by atoms with Gasteiger partial charge in [0, 0.05) is 25.7 Å². The zero-order chi connectivity index (χ0) is 9.97. The Labute approximate surface area is 86.8 Å².